The van der Waals surface area contributed by atoms with Crippen LogP contribution >= 0.6 is 11.6 Å². The Labute approximate surface area is 102 Å². The Kier molecular flexibility index (Phi) is 5.23. The highest BCUT2D eigenvalue weighted by atomic mass is 35.5. The molecule has 0 aliphatic carbocycles. The van der Waals surface area contributed by atoms with Crippen molar-refractivity contribution in [2.24, 2.45) is 5.92 Å². The summed E-state index contributed by atoms with van der Waals surface area (Å²) < 4.78 is 13.7. The van der Waals surface area contributed by atoms with Gasteiger partial charge in [-0.25, -0.2) is 4.39 Å². The number of nitrogens with one attached hydrogen (secondary N) is 1. The topological polar surface area (TPSA) is 12.0 Å². The largest absolute Gasteiger partial charge is 0.313 e. The zero-order valence-electron chi connectivity index (χ0n) is 10.1. The van der Waals surface area contributed by atoms with E-state index >= 15 is 0 Å². The van der Waals surface area contributed by atoms with Crippen LogP contribution in [0, 0.1) is 11.7 Å². The maximum atomic E-state index is 13.7. The molecule has 1 unspecified atom stereocenters. The second-order valence-corrected chi connectivity index (χ2v) is 4.85. The Morgan fingerprint density at radius 3 is 2.50 bits per heavy atom. The van der Waals surface area contributed by atoms with E-state index in [4.69, 9.17) is 11.6 Å². The van der Waals surface area contributed by atoms with E-state index in [2.05, 4.69) is 19.2 Å². The van der Waals surface area contributed by atoms with Gasteiger partial charge in [-0.1, -0.05) is 31.5 Å². The molecule has 0 saturated carbocycles. The predicted molar refractivity (Wildman–Crippen MR) is 67.3 cm³/mol. The lowest BCUT2D eigenvalue weighted by Crippen LogP contribution is -2.18. The fraction of sp³-hybridized carbons (Fsp3) is 0.538. The summed E-state index contributed by atoms with van der Waals surface area (Å²) in [7, 11) is 1.84. The van der Waals surface area contributed by atoms with Crippen molar-refractivity contribution >= 4 is 11.6 Å². The van der Waals surface area contributed by atoms with E-state index in [9.17, 15) is 4.39 Å². The Balaban J connectivity index is 2.86. The number of halogens is 2. The third-order valence-electron chi connectivity index (χ3n) is 2.73. The van der Waals surface area contributed by atoms with Crippen molar-refractivity contribution in [2.45, 2.75) is 32.7 Å². The van der Waals surface area contributed by atoms with Gasteiger partial charge in [-0.3, -0.25) is 0 Å². The van der Waals surface area contributed by atoms with Gasteiger partial charge < -0.3 is 5.32 Å². The Morgan fingerprint density at radius 1 is 1.31 bits per heavy atom. The Morgan fingerprint density at radius 2 is 2.00 bits per heavy atom. The highest BCUT2D eigenvalue weighted by Gasteiger charge is 2.17. The third-order valence-corrected chi connectivity index (χ3v) is 3.06. The first kappa shape index (κ1) is 13.5. The molecular formula is C13H19ClFN. The van der Waals surface area contributed by atoms with Gasteiger partial charge in [-0.05, 0) is 37.9 Å². The number of rotatable bonds is 5. The minimum atomic E-state index is -0.226. The lowest BCUT2D eigenvalue weighted by atomic mass is 9.97. The first-order chi connectivity index (χ1) is 7.56. The third kappa shape index (κ3) is 3.46. The molecule has 90 valence electrons. The Bertz CT molecular complexity index is 318. The number of benzene rings is 1. The van der Waals surface area contributed by atoms with Crippen molar-refractivity contribution in [1.82, 2.24) is 5.32 Å². The van der Waals surface area contributed by atoms with Gasteiger partial charge in [0.2, 0.25) is 0 Å². The molecule has 1 atom stereocenters. The van der Waals surface area contributed by atoms with E-state index in [1.807, 2.05) is 7.05 Å². The monoisotopic (exact) mass is 243 g/mol. The van der Waals surface area contributed by atoms with Crippen molar-refractivity contribution in [1.29, 1.82) is 0 Å². The van der Waals surface area contributed by atoms with E-state index in [1.54, 1.807) is 12.1 Å². The van der Waals surface area contributed by atoms with Crippen molar-refractivity contribution in [3.63, 3.8) is 0 Å². The molecule has 0 fully saturated rings. The quantitative estimate of drug-likeness (QED) is 0.818. The molecule has 0 aliphatic rings. The molecule has 0 saturated heterocycles. The van der Waals surface area contributed by atoms with Gasteiger partial charge in [0.05, 0.1) is 0 Å². The van der Waals surface area contributed by atoms with E-state index in [-0.39, 0.29) is 11.9 Å². The van der Waals surface area contributed by atoms with Gasteiger partial charge in [-0.2, -0.15) is 0 Å². The Hall–Kier alpha value is -0.600. The molecule has 0 heterocycles. The maximum absolute atomic E-state index is 13.7. The summed E-state index contributed by atoms with van der Waals surface area (Å²) in [6.45, 7) is 4.32. The van der Waals surface area contributed by atoms with Crippen LogP contribution in [0.15, 0.2) is 18.2 Å². The summed E-state index contributed by atoms with van der Waals surface area (Å²) in [5.41, 5.74) is 0.590. The van der Waals surface area contributed by atoms with Crippen LogP contribution in [0.4, 0.5) is 4.39 Å². The average Bonchev–Trinajstić information content (AvgIpc) is 2.22. The van der Waals surface area contributed by atoms with Crippen LogP contribution in [0.25, 0.3) is 0 Å². The summed E-state index contributed by atoms with van der Waals surface area (Å²) in [6, 6.07) is 4.83. The molecule has 1 nitrogen and oxygen atoms in total. The first-order valence-corrected chi connectivity index (χ1v) is 6.05. The van der Waals surface area contributed by atoms with Crippen LogP contribution in [-0.2, 0) is 0 Å². The highest BCUT2D eigenvalue weighted by Crippen LogP contribution is 2.29. The molecule has 1 aromatic rings. The van der Waals surface area contributed by atoms with Gasteiger partial charge in [0, 0.05) is 16.6 Å². The number of hydrogen-bond acceptors (Lipinski definition) is 1. The standard InChI is InChI=1S/C13H19ClFN/c1-9(2)7-8-12(16-3)13-10(14)5-4-6-11(13)15/h4-6,9,12,16H,7-8H2,1-3H3. The normalized spacial score (nSPS) is 13.1. The molecule has 0 radical (unpaired) electrons. The van der Waals surface area contributed by atoms with Crippen molar-refractivity contribution < 1.29 is 4.39 Å². The minimum Gasteiger partial charge on any atom is -0.313 e. The van der Waals surface area contributed by atoms with Gasteiger partial charge in [0.1, 0.15) is 5.82 Å². The molecule has 16 heavy (non-hydrogen) atoms. The minimum absolute atomic E-state index is 0.00361. The molecule has 1 aromatic carbocycles. The van der Waals surface area contributed by atoms with Gasteiger partial charge in [-0.15, -0.1) is 0 Å². The molecule has 0 aliphatic heterocycles. The second kappa shape index (κ2) is 6.21. The zero-order chi connectivity index (χ0) is 12.1. The van der Waals surface area contributed by atoms with E-state index in [0.717, 1.165) is 12.8 Å². The van der Waals surface area contributed by atoms with Crippen molar-refractivity contribution in [3.05, 3.63) is 34.6 Å². The SMILES string of the molecule is CNC(CCC(C)C)c1c(F)cccc1Cl. The first-order valence-electron chi connectivity index (χ1n) is 5.67. The summed E-state index contributed by atoms with van der Waals surface area (Å²) in [5.74, 6) is 0.386. The average molecular weight is 244 g/mol. The summed E-state index contributed by atoms with van der Waals surface area (Å²) >= 11 is 6.04. The predicted octanol–water partition coefficient (Wildman–Crippen LogP) is 4.18. The zero-order valence-corrected chi connectivity index (χ0v) is 10.8. The summed E-state index contributed by atoms with van der Waals surface area (Å²) in [5, 5.41) is 3.63. The van der Waals surface area contributed by atoms with Gasteiger partial charge >= 0.3 is 0 Å². The molecule has 1 N–H and O–H groups in total. The van der Waals surface area contributed by atoms with Crippen molar-refractivity contribution in [3.8, 4) is 0 Å². The molecule has 0 spiro atoms. The van der Waals surface area contributed by atoms with Crippen LogP contribution in [0.3, 0.4) is 0 Å². The fourth-order valence-corrected chi connectivity index (χ4v) is 2.07. The van der Waals surface area contributed by atoms with Gasteiger partial charge in [0.25, 0.3) is 0 Å². The highest BCUT2D eigenvalue weighted by molar-refractivity contribution is 6.31. The second-order valence-electron chi connectivity index (χ2n) is 4.45. The molecule has 0 bridgehead atoms. The molecule has 0 aromatic heterocycles. The van der Waals surface area contributed by atoms with E-state index in [0.29, 0.717) is 16.5 Å². The lowest BCUT2D eigenvalue weighted by molar-refractivity contribution is 0.449. The van der Waals surface area contributed by atoms with Crippen molar-refractivity contribution in [2.75, 3.05) is 7.05 Å². The molecular weight excluding hydrogens is 225 g/mol. The lowest BCUT2D eigenvalue weighted by Gasteiger charge is -2.19. The summed E-state index contributed by atoms with van der Waals surface area (Å²) in [6.07, 6.45) is 1.95. The maximum Gasteiger partial charge on any atom is 0.129 e. The van der Waals surface area contributed by atoms with Crippen LogP contribution in [0.2, 0.25) is 5.02 Å². The smallest absolute Gasteiger partial charge is 0.129 e. The van der Waals surface area contributed by atoms with Crippen LogP contribution < -0.4 is 5.32 Å². The number of hydrogen-bond donors (Lipinski definition) is 1. The van der Waals surface area contributed by atoms with Gasteiger partial charge in [0.15, 0.2) is 0 Å². The summed E-state index contributed by atoms with van der Waals surface area (Å²) in [4.78, 5) is 0. The van der Waals surface area contributed by atoms with E-state index in [1.165, 1.54) is 6.07 Å². The molecule has 1 rings (SSSR count). The van der Waals surface area contributed by atoms with Crippen LogP contribution in [-0.4, -0.2) is 7.05 Å². The van der Waals surface area contributed by atoms with E-state index < -0.39 is 0 Å². The van der Waals surface area contributed by atoms with Crippen LogP contribution in [0.1, 0.15) is 38.3 Å². The molecule has 3 heteroatoms. The fourth-order valence-electron chi connectivity index (χ4n) is 1.78. The van der Waals surface area contributed by atoms with Crippen LogP contribution in [0.5, 0.6) is 0 Å². The molecule has 0 amide bonds.